The van der Waals surface area contributed by atoms with E-state index < -0.39 is 6.10 Å². The lowest BCUT2D eigenvalue weighted by atomic mass is 10.2. The highest BCUT2D eigenvalue weighted by atomic mass is 32.1. The molecular formula is C21H33N3O3S. The monoisotopic (exact) mass is 407 g/mol. The van der Waals surface area contributed by atoms with Crippen molar-refractivity contribution < 1.29 is 14.6 Å². The molecule has 7 heteroatoms. The summed E-state index contributed by atoms with van der Waals surface area (Å²) in [7, 11) is 3.62. The molecule has 2 N–H and O–H groups in total. The molecule has 0 aliphatic carbocycles. The van der Waals surface area contributed by atoms with Gasteiger partial charge in [-0.05, 0) is 51.9 Å². The zero-order valence-corrected chi connectivity index (χ0v) is 18.4. The summed E-state index contributed by atoms with van der Waals surface area (Å²) in [5.41, 5.74) is 4.13. The summed E-state index contributed by atoms with van der Waals surface area (Å²) in [6.07, 6.45) is 0.424. The highest BCUT2D eigenvalue weighted by molar-refractivity contribution is 7.09. The Kier molecular flexibility index (Phi) is 9.18. The molecule has 1 atom stereocenters. The largest absolute Gasteiger partial charge is 0.493 e. The molecule has 156 valence electrons. The van der Waals surface area contributed by atoms with E-state index in [1.165, 1.54) is 4.88 Å². The van der Waals surface area contributed by atoms with E-state index in [1.54, 1.807) is 18.4 Å². The highest BCUT2D eigenvalue weighted by Gasteiger charge is 2.13. The lowest BCUT2D eigenvalue weighted by Crippen LogP contribution is -2.37. The van der Waals surface area contributed by atoms with Crippen molar-refractivity contribution >= 4 is 11.3 Å². The summed E-state index contributed by atoms with van der Waals surface area (Å²) >= 11 is 1.70. The number of methoxy groups -OCH3 is 1. The Balaban J connectivity index is 1.85. The Bertz CT molecular complexity index is 721. The van der Waals surface area contributed by atoms with E-state index in [1.807, 2.05) is 37.7 Å². The van der Waals surface area contributed by atoms with Crippen LogP contribution in [0.25, 0.3) is 0 Å². The number of rotatable bonds is 12. The highest BCUT2D eigenvalue weighted by Crippen LogP contribution is 2.28. The molecule has 2 aromatic rings. The summed E-state index contributed by atoms with van der Waals surface area (Å²) < 4.78 is 11.3. The third kappa shape index (κ3) is 7.05. The molecule has 0 aliphatic rings. The number of aliphatic hydroxyl groups is 1. The molecule has 1 heterocycles. The molecule has 0 saturated carbocycles. The number of thiazole rings is 1. The molecule has 0 fully saturated rings. The van der Waals surface area contributed by atoms with Crippen molar-refractivity contribution in [3.05, 3.63) is 39.8 Å². The standard InChI is InChI=1S/C21H33N3O3S/c1-15(2)24(4)12-18(25)13-27-20-10-17(6-7-19(20)26-5)11-22-9-8-21-16(3)23-14-28-21/h6-7,10,14-15,18,22,25H,8-9,11-13H2,1-5H3/t18-/m1/s1. The number of aryl methyl sites for hydroxylation is 1. The number of aliphatic hydroxyl groups excluding tert-OH is 1. The second-order valence-corrected chi connectivity index (χ2v) is 8.21. The van der Waals surface area contributed by atoms with Crippen LogP contribution in [0.3, 0.4) is 0 Å². The second kappa shape index (κ2) is 11.4. The van der Waals surface area contributed by atoms with E-state index >= 15 is 0 Å². The molecule has 1 aromatic heterocycles. The molecule has 0 amide bonds. The summed E-state index contributed by atoms with van der Waals surface area (Å²) in [5, 5.41) is 13.7. The summed E-state index contributed by atoms with van der Waals surface area (Å²) in [6.45, 7) is 8.69. The van der Waals surface area contributed by atoms with Crippen LogP contribution in [0.1, 0.15) is 30.0 Å². The van der Waals surface area contributed by atoms with Crippen LogP contribution in [0.15, 0.2) is 23.7 Å². The smallest absolute Gasteiger partial charge is 0.161 e. The maximum absolute atomic E-state index is 10.2. The number of benzene rings is 1. The Morgan fingerprint density at radius 1 is 1.29 bits per heavy atom. The van der Waals surface area contributed by atoms with Crippen LogP contribution in [-0.4, -0.2) is 61.0 Å². The van der Waals surface area contributed by atoms with Crippen molar-refractivity contribution in [1.82, 2.24) is 15.2 Å². The number of likely N-dealkylation sites (N-methyl/N-ethyl adjacent to an activating group) is 1. The zero-order valence-electron chi connectivity index (χ0n) is 17.6. The molecule has 2 rings (SSSR count). The minimum Gasteiger partial charge on any atom is -0.493 e. The van der Waals surface area contributed by atoms with Gasteiger partial charge >= 0.3 is 0 Å². The van der Waals surface area contributed by atoms with Crippen LogP contribution in [0.4, 0.5) is 0 Å². The molecule has 0 radical (unpaired) electrons. The first-order chi connectivity index (χ1) is 13.4. The van der Waals surface area contributed by atoms with Crippen LogP contribution >= 0.6 is 11.3 Å². The minimum atomic E-state index is -0.554. The van der Waals surface area contributed by atoms with Crippen LogP contribution < -0.4 is 14.8 Å². The molecule has 28 heavy (non-hydrogen) atoms. The van der Waals surface area contributed by atoms with Gasteiger partial charge in [0.1, 0.15) is 12.7 Å². The number of aromatic nitrogens is 1. The van der Waals surface area contributed by atoms with Crippen molar-refractivity contribution in [2.75, 3.05) is 33.9 Å². The lowest BCUT2D eigenvalue weighted by molar-refractivity contribution is 0.0668. The van der Waals surface area contributed by atoms with Crippen molar-refractivity contribution in [2.45, 2.75) is 45.9 Å². The van der Waals surface area contributed by atoms with Gasteiger partial charge in [0.05, 0.1) is 18.3 Å². The molecule has 0 unspecified atom stereocenters. The van der Waals surface area contributed by atoms with Gasteiger partial charge < -0.3 is 24.8 Å². The maximum Gasteiger partial charge on any atom is 0.161 e. The molecular weight excluding hydrogens is 374 g/mol. The van der Waals surface area contributed by atoms with Gasteiger partial charge in [-0.2, -0.15) is 0 Å². The topological polar surface area (TPSA) is 66.8 Å². The van der Waals surface area contributed by atoms with Crippen LogP contribution in [0.5, 0.6) is 11.5 Å². The minimum absolute atomic E-state index is 0.231. The van der Waals surface area contributed by atoms with Gasteiger partial charge in [0.25, 0.3) is 0 Å². The summed E-state index contributed by atoms with van der Waals surface area (Å²) in [6, 6.07) is 6.29. The third-order valence-corrected chi connectivity index (χ3v) is 5.74. The van der Waals surface area contributed by atoms with E-state index in [4.69, 9.17) is 9.47 Å². The van der Waals surface area contributed by atoms with E-state index in [0.717, 1.165) is 30.8 Å². The van der Waals surface area contributed by atoms with Gasteiger partial charge in [-0.15, -0.1) is 11.3 Å². The van der Waals surface area contributed by atoms with Crippen LogP contribution in [-0.2, 0) is 13.0 Å². The number of hydrogen-bond acceptors (Lipinski definition) is 7. The quantitative estimate of drug-likeness (QED) is 0.528. The Morgan fingerprint density at radius 2 is 2.07 bits per heavy atom. The normalized spacial score (nSPS) is 12.6. The predicted molar refractivity (Wildman–Crippen MR) is 115 cm³/mol. The van der Waals surface area contributed by atoms with Gasteiger partial charge in [0, 0.05) is 30.6 Å². The number of nitrogens with one attached hydrogen (secondary N) is 1. The Labute approximate surface area is 172 Å². The number of nitrogens with zero attached hydrogens (tertiary/aromatic N) is 2. The first kappa shape index (κ1) is 22.6. The molecule has 0 saturated heterocycles. The molecule has 6 nitrogen and oxygen atoms in total. The van der Waals surface area contributed by atoms with E-state index in [2.05, 4.69) is 29.0 Å². The van der Waals surface area contributed by atoms with Crippen molar-refractivity contribution in [1.29, 1.82) is 0 Å². The second-order valence-electron chi connectivity index (χ2n) is 7.27. The molecule has 0 bridgehead atoms. The van der Waals surface area contributed by atoms with Gasteiger partial charge in [0.15, 0.2) is 11.5 Å². The summed E-state index contributed by atoms with van der Waals surface area (Å²) in [4.78, 5) is 7.70. The third-order valence-electron chi connectivity index (χ3n) is 4.74. The first-order valence-corrected chi connectivity index (χ1v) is 10.6. The van der Waals surface area contributed by atoms with E-state index in [-0.39, 0.29) is 6.61 Å². The zero-order chi connectivity index (χ0) is 20.5. The Hall–Kier alpha value is -1.67. The number of ether oxygens (including phenoxy) is 2. The molecule has 0 aliphatic heterocycles. The van der Waals surface area contributed by atoms with Crippen LogP contribution in [0.2, 0.25) is 0 Å². The average molecular weight is 408 g/mol. The van der Waals surface area contributed by atoms with Crippen molar-refractivity contribution in [2.24, 2.45) is 0 Å². The van der Waals surface area contributed by atoms with Gasteiger partial charge in [-0.25, -0.2) is 4.98 Å². The summed E-state index contributed by atoms with van der Waals surface area (Å²) in [5.74, 6) is 1.33. The van der Waals surface area contributed by atoms with Crippen LogP contribution in [0, 0.1) is 6.92 Å². The van der Waals surface area contributed by atoms with E-state index in [9.17, 15) is 5.11 Å². The lowest BCUT2D eigenvalue weighted by Gasteiger charge is -2.24. The fraction of sp³-hybridized carbons (Fsp3) is 0.571. The molecule has 1 aromatic carbocycles. The van der Waals surface area contributed by atoms with Crippen molar-refractivity contribution in [3.63, 3.8) is 0 Å². The number of hydrogen-bond donors (Lipinski definition) is 2. The fourth-order valence-electron chi connectivity index (χ4n) is 2.73. The predicted octanol–water partition coefficient (Wildman–Crippen LogP) is 2.87. The molecule has 0 spiro atoms. The Morgan fingerprint density at radius 3 is 2.71 bits per heavy atom. The van der Waals surface area contributed by atoms with E-state index in [0.29, 0.717) is 24.1 Å². The van der Waals surface area contributed by atoms with Gasteiger partial charge in [0.2, 0.25) is 0 Å². The average Bonchev–Trinajstić information content (AvgIpc) is 3.08. The maximum atomic E-state index is 10.2. The van der Waals surface area contributed by atoms with Gasteiger partial charge in [-0.1, -0.05) is 6.07 Å². The van der Waals surface area contributed by atoms with Gasteiger partial charge in [-0.3, -0.25) is 0 Å². The SMILES string of the molecule is COc1ccc(CNCCc2scnc2C)cc1OC[C@H](O)CN(C)C(C)C. The fourth-order valence-corrected chi connectivity index (χ4v) is 3.51. The first-order valence-electron chi connectivity index (χ1n) is 9.68. The van der Waals surface area contributed by atoms with Crippen molar-refractivity contribution in [3.8, 4) is 11.5 Å².